The van der Waals surface area contributed by atoms with E-state index in [1.165, 1.54) is 23.5 Å². The first-order valence-electron chi connectivity index (χ1n) is 14.1. The van der Waals surface area contributed by atoms with Crippen molar-refractivity contribution in [1.82, 2.24) is 19.8 Å². The van der Waals surface area contributed by atoms with Crippen LogP contribution in [0.4, 0.5) is 18.9 Å². The fourth-order valence-electron chi connectivity index (χ4n) is 5.16. The summed E-state index contributed by atoms with van der Waals surface area (Å²) in [7, 11) is 2.00. The Kier molecular flexibility index (Phi) is 8.35. The van der Waals surface area contributed by atoms with Gasteiger partial charge in [-0.25, -0.2) is 4.98 Å². The summed E-state index contributed by atoms with van der Waals surface area (Å²) in [6.45, 7) is 4.97. The number of rotatable bonds is 7. The molecule has 0 bridgehead atoms. The van der Waals surface area contributed by atoms with Crippen LogP contribution in [0, 0.1) is 6.92 Å². The molecule has 0 atom stereocenters. The zero-order valence-corrected chi connectivity index (χ0v) is 25.0. The van der Waals surface area contributed by atoms with Crippen molar-refractivity contribution in [3.8, 4) is 22.8 Å². The molecule has 1 aliphatic rings. The Morgan fingerprint density at radius 3 is 2.52 bits per heavy atom. The molecule has 1 amide bonds. The highest BCUT2D eigenvalue weighted by Gasteiger charge is 2.34. The zero-order valence-electron chi connectivity index (χ0n) is 24.2. The van der Waals surface area contributed by atoms with Gasteiger partial charge in [0.1, 0.15) is 16.3 Å². The van der Waals surface area contributed by atoms with Crippen LogP contribution in [-0.2, 0) is 12.7 Å². The molecule has 0 radical (unpaired) electrons. The number of likely N-dealkylation sites (N-methyl/N-ethyl adjacent to an activating group) is 1. The van der Waals surface area contributed by atoms with E-state index in [2.05, 4.69) is 15.2 Å². The minimum atomic E-state index is -4.59. The number of fused-ring (bicyclic) bond motifs is 1. The number of carbonyl (C=O) groups excluding carboxylic acids is 1. The lowest BCUT2D eigenvalue weighted by Crippen LogP contribution is -2.44. The quantitative estimate of drug-likeness (QED) is 0.204. The Morgan fingerprint density at radius 1 is 1.00 bits per heavy atom. The smallest absolute Gasteiger partial charge is 0.416 e. The number of aryl methyl sites for hydroxylation is 1. The third-order valence-corrected chi connectivity index (χ3v) is 8.54. The Labute approximate surface area is 256 Å². The van der Waals surface area contributed by atoms with Crippen LogP contribution in [0.3, 0.4) is 0 Å². The molecule has 1 saturated heterocycles. The summed E-state index contributed by atoms with van der Waals surface area (Å²) in [5.41, 5.74) is 2.10. The zero-order chi connectivity index (χ0) is 30.8. The molecule has 11 heteroatoms. The Morgan fingerprint density at radius 2 is 1.77 bits per heavy atom. The lowest BCUT2D eigenvalue weighted by molar-refractivity contribution is -0.138. The van der Waals surface area contributed by atoms with Gasteiger partial charge in [-0.15, -0.1) is 11.3 Å². The van der Waals surface area contributed by atoms with Crippen molar-refractivity contribution in [2.45, 2.75) is 19.6 Å². The SMILES string of the molecule is Cc1ccc(Oc2cc(-c3ccncc3)nc3sccc23)cc1NC(=O)c1ccc(CN2CCN(C)CC2)c(C(F)(F)F)c1. The number of ether oxygens (including phenoxy) is 1. The van der Waals surface area contributed by atoms with Crippen molar-refractivity contribution in [1.29, 1.82) is 0 Å². The normalized spacial score (nSPS) is 14.6. The molecule has 0 unspecified atom stereocenters. The highest BCUT2D eigenvalue weighted by molar-refractivity contribution is 7.16. The second-order valence-corrected chi connectivity index (χ2v) is 11.8. The van der Waals surface area contributed by atoms with Crippen LogP contribution in [0.15, 0.2) is 78.4 Å². The van der Waals surface area contributed by atoms with E-state index in [9.17, 15) is 18.0 Å². The minimum Gasteiger partial charge on any atom is -0.456 e. The first-order chi connectivity index (χ1) is 21.1. The van der Waals surface area contributed by atoms with E-state index >= 15 is 0 Å². The number of nitrogens with zero attached hydrogens (tertiary/aromatic N) is 4. The van der Waals surface area contributed by atoms with Gasteiger partial charge in [0.05, 0.1) is 16.6 Å². The summed E-state index contributed by atoms with van der Waals surface area (Å²) >= 11 is 1.50. The van der Waals surface area contributed by atoms with Crippen LogP contribution in [0.2, 0.25) is 0 Å². The van der Waals surface area contributed by atoms with E-state index in [0.717, 1.165) is 46.2 Å². The molecule has 1 N–H and O–H groups in total. The Hall–Kier alpha value is -4.32. The fraction of sp³-hybridized carbons (Fsp3) is 0.242. The number of hydrogen-bond donors (Lipinski definition) is 1. The number of amides is 1. The van der Waals surface area contributed by atoms with Crippen LogP contribution in [0.25, 0.3) is 21.5 Å². The van der Waals surface area contributed by atoms with Crippen LogP contribution in [0.5, 0.6) is 11.5 Å². The fourth-order valence-corrected chi connectivity index (χ4v) is 5.94. The maximum absolute atomic E-state index is 14.1. The average molecular weight is 618 g/mol. The Bertz CT molecular complexity index is 1800. The van der Waals surface area contributed by atoms with Crippen LogP contribution >= 0.6 is 11.3 Å². The lowest BCUT2D eigenvalue weighted by atomic mass is 10.0. The van der Waals surface area contributed by atoms with Crippen molar-refractivity contribution < 1.29 is 22.7 Å². The molecule has 1 fully saturated rings. The summed E-state index contributed by atoms with van der Waals surface area (Å²) < 4.78 is 48.6. The van der Waals surface area contributed by atoms with Gasteiger partial charge in [0.15, 0.2) is 0 Å². The summed E-state index contributed by atoms with van der Waals surface area (Å²) in [4.78, 5) is 27.0. The van der Waals surface area contributed by atoms with Gasteiger partial charge >= 0.3 is 6.18 Å². The molecule has 0 saturated carbocycles. The lowest BCUT2D eigenvalue weighted by Gasteiger charge is -2.33. The molecule has 44 heavy (non-hydrogen) atoms. The van der Waals surface area contributed by atoms with E-state index in [1.807, 2.05) is 48.5 Å². The molecule has 7 nitrogen and oxygen atoms in total. The molecule has 0 spiro atoms. The number of piperazine rings is 1. The first kappa shape index (κ1) is 29.7. The van der Waals surface area contributed by atoms with Gasteiger partial charge < -0.3 is 15.0 Å². The van der Waals surface area contributed by atoms with Gasteiger partial charge in [-0.3, -0.25) is 14.7 Å². The number of pyridine rings is 2. The predicted octanol–water partition coefficient (Wildman–Crippen LogP) is 7.48. The van der Waals surface area contributed by atoms with Crippen LogP contribution in [0.1, 0.15) is 27.0 Å². The summed E-state index contributed by atoms with van der Waals surface area (Å²) in [5, 5.41) is 5.57. The van der Waals surface area contributed by atoms with Crippen molar-refractivity contribution >= 4 is 33.1 Å². The monoisotopic (exact) mass is 617 g/mol. The highest BCUT2D eigenvalue weighted by Crippen LogP contribution is 2.37. The van der Waals surface area contributed by atoms with E-state index in [-0.39, 0.29) is 17.7 Å². The summed E-state index contributed by atoms with van der Waals surface area (Å²) in [5.74, 6) is 0.421. The molecule has 226 valence electrons. The molecule has 2 aromatic carbocycles. The topological polar surface area (TPSA) is 70.6 Å². The molecule has 5 aromatic rings. The number of benzene rings is 2. The van der Waals surface area contributed by atoms with Crippen molar-refractivity contribution in [3.63, 3.8) is 0 Å². The number of thiophene rings is 1. The van der Waals surface area contributed by atoms with Gasteiger partial charge in [0, 0.05) is 74.1 Å². The summed E-state index contributed by atoms with van der Waals surface area (Å²) in [6, 6.07) is 16.6. The van der Waals surface area contributed by atoms with E-state index in [0.29, 0.717) is 30.3 Å². The number of aromatic nitrogens is 2. The molecule has 1 aliphatic heterocycles. The molecule has 6 rings (SSSR count). The van der Waals surface area contributed by atoms with Gasteiger partial charge in [0.2, 0.25) is 0 Å². The predicted molar refractivity (Wildman–Crippen MR) is 166 cm³/mol. The van der Waals surface area contributed by atoms with Crippen molar-refractivity contribution in [2.75, 3.05) is 38.5 Å². The largest absolute Gasteiger partial charge is 0.456 e. The van der Waals surface area contributed by atoms with Crippen LogP contribution in [-0.4, -0.2) is 58.9 Å². The minimum absolute atomic E-state index is 0.0683. The number of halogens is 3. The second kappa shape index (κ2) is 12.4. The maximum Gasteiger partial charge on any atom is 0.416 e. The van der Waals surface area contributed by atoms with E-state index in [1.54, 1.807) is 30.6 Å². The van der Waals surface area contributed by atoms with Gasteiger partial charge in [-0.1, -0.05) is 12.1 Å². The maximum atomic E-state index is 14.1. The number of carbonyl (C=O) groups is 1. The molecular weight excluding hydrogens is 587 g/mol. The Balaban J connectivity index is 1.24. The number of nitrogens with one attached hydrogen (secondary N) is 1. The summed E-state index contributed by atoms with van der Waals surface area (Å²) in [6.07, 6.45) is -1.19. The number of hydrogen-bond acceptors (Lipinski definition) is 7. The van der Waals surface area contributed by atoms with Crippen molar-refractivity contribution in [3.05, 3.63) is 101 Å². The third-order valence-electron chi connectivity index (χ3n) is 7.73. The van der Waals surface area contributed by atoms with Crippen LogP contribution < -0.4 is 10.1 Å². The average Bonchev–Trinajstić information content (AvgIpc) is 3.49. The third kappa shape index (κ3) is 6.59. The molecular formula is C33H30F3N5O2S. The van der Waals surface area contributed by atoms with E-state index < -0.39 is 17.6 Å². The van der Waals surface area contributed by atoms with Gasteiger partial charge in [-0.2, -0.15) is 13.2 Å². The van der Waals surface area contributed by atoms with Crippen molar-refractivity contribution in [2.24, 2.45) is 0 Å². The molecule has 3 aromatic heterocycles. The molecule has 0 aliphatic carbocycles. The van der Waals surface area contributed by atoms with E-state index in [4.69, 9.17) is 9.72 Å². The molecule has 4 heterocycles. The number of alkyl halides is 3. The van der Waals surface area contributed by atoms with Gasteiger partial charge in [0.25, 0.3) is 5.91 Å². The standard InChI is InChI=1S/C33H30F3N5O2S/c1-21-3-6-25(43-30-19-29(22-7-10-37-11-8-22)39-32-26(30)9-16-44-32)18-28(21)38-31(42)23-4-5-24(27(17-23)33(34,35)36)20-41-14-12-40(2)13-15-41/h3-11,16-19H,12-15,20H2,1-2H3,(H,38,42). The second-order valence-electron chi connectivity index (χ2n) is 10.9. The first-order valence-corrected chi connectivity index (χ1v) is 15.0. The van der Waals surface area contributed by atoms with Gasteiger partial charge in [-0.05, 0) is 66.9 Å². The number of anilines is 1. The highest BCUT2D eigenvalue weighted by atomic mass is 32.1.